The van der Waals surface area contributed by atoms with E-state index < -0.39 is 0 Å². The number of carbonyl (C=O) groups is 1. The van der Waals surface area contributed by atoms with Crippen LogP contribution in [0.25, 0.3) is 0 Å². The van der Waals surface area contributed by atoms with Gasteiger partial charge in [0.25, 0.3) is 0 Å². The molecule has 1 aromatic heterocycles. The predicted octanol–water partition coefficient (Wildman–Crippen LogP) is 2.34. The van der Waals surface area contributed by atoms with Gasteiger partial charge < -0.3 is 19.9 Å². The summed E-state index contributed by atoms with van der Waals surface area (Å²) in [5, 5.41) is 5.73. The van der Waals surface area contributed by atoms with E-state index in [1.54, 1.807) is 6.20 Å². The monoisotopic (exact) mass is 340 g/mol. The summed E-state index contributed by atoms with van der Waals surface area (Å²) in [6.45, 7) is 6.03. The SMILES string of the molecule is C#CCOc1ccccc1CNC(=O)NCC(C)Cn1ccnc1C. The van der Waals surface area contributed by atoms with E-state index in [0.717, 1.165) is 17.9 Å². The molecule has 2 N–H and O–H groups in total. The van der Waals surface area contributed by atoms with Gasteiger partial charge in [-0.3, -0.25) is 0 Å². The molecule has 2 amide bonds. The topological polar surface area (TPSA) is 68.2 Å². The Morgan fingerprint density at radius 1 is 1.40 bits per heavy atom. The van der Waals surface area contributed by atoms with Crippen molar-refractivity contribution in [3.63, 3.8) is 0 Å². The fraction of sp³-hybridized carbons (Fsp3) is 0.368. The molecule has 0 bridgehead atoms. The van der Waals surface area contributed by atoms with Crippen LogP contribution in [0.2, 0.25) is 0 Å². The smallest absolute Gasteiger partial charge is 0.315 e. The van der Waals surface area contributed by atoms with Crippen LogP contribution in [0.3, 0.4) is 0 Å². The highest BCUT2D eigenvalue weighted by Gasteiger charge is 2.09. The lowest BCUT2D eigenvalue weighted by Crippen LogP contribution is -2.38. The number of terminal acetylenes is 1. The molecule has 0 radical (unpaired) electrons. The second-order valence-corrected chi connectivity index (χ2v) is 5.90. The maximum atomic E-state index is 12.0. The molecular formula is C19H24N4O2. The number of nitrogens with one attached hydrogen (secondary N) is 2. The first kappa shape index (κ1) is 18.4. The average molecular weight is 340 g/mol. The number of aryl methyl sites for hydroxylation is 1. The van der Waals surface area contributed by atoms with Gasteiger partial charge in [0.05, 0.1) is 0 Å². The normalized spacial score (nSPS) is 11.4. The van der Waals surface area contributed by atoms with Gasteiger partial charge in [0.2, 0.25) is 0 Å². The quantitative estimate of drug-likeness (QED) is 0.725. The van der Waals surface area contributed by atoms with Gasteiger partial charge in [0.15, 0.2) is 0 Å². The first-order chi connectivity index (χ1) is 12.1. The van der Waals surface area contributed by atoms with E-state index in [4.69, 9.17) is 11.2 Å². The molecule has 1 aromatic carbocycles. The number of rotatable bonds is 8. The van der Waals surface area contributed by atoms with E-state index >= 15 is 0 Å². The fourth-order valence-electron chi connectivity index (χ4n) is 2.41. The third-order valence-electron chi connectivity index (χ3n) is 3.77. The summed E-state index contributed by atoms with van der Waals surface area (Å²) in [6, 6.07) is 7.29. The Morgan fingerprint density at radius 3 is 2.92 bits per heavy atom. The maximum Gasteiger partial charge on any atom is 0.315 e. The van der Waals surface area contributed by atoms with Crippen molar-refractivity contribution < 1.29 is 9.53 Å². The lowest BCUT2D eigenvalue weighted by molar-refractivity contribution is 0.238. The number of imidazole rings is 1. The summed E-state index contributed by atoms with van der Waals surface area (Å²) in [5.74, 6) is 4.39. The number of nitrogens with zero attached hydrogens (tertiary/aromatic N) is 2. The van der Waals surface area contributed by atoms with Crippen LogP contribution in [0.15, 0.2) is 36.7 Å². The Balaban J connectivity index is 1.75. The molecule has 0 saturated heterocycles. The zero-order valence-electron chi connectivity index (χ0n) is 14.7. The van der Waals surface area contributed by atoms with E-state index in [-0.39, 0.29) is 12.6 Å². The summed E-state index contributed by atoms with van der Waals surface area (Å²) in [6.07, 6.45) is 8.94. The zero-order valence-corrected chi connectivity index (χ0v) is 14.7. The number of carbonyl (C=O) groups excluding carboxylic acids is 1. The highest BCUT2D eigenvalue weighted by molar-refractivity contribution is 5.73. The maximum absolute atomic E-state index is 12.0. The number of amides is 2. The standard InChI is InChI=1S/C19H24N4O2/c1-4-11-25-18-8-6-5-7-17(18)13-22-19(24)21-12-15(2)14-23-10-9-20-16(23)3/h1,5-10,15H,11-14H2,2-3H3,(H2,21,22,24). The lowest BCUT2D eigenvalue weighted by atomic mass is 10.2. The summed E-state index contributed by atoms with van der Waals surface area (Å²) in [5.41, 5.74) is 0.884. The molecule has 25 heavy (non-hydrogen) atoms. The number of urea groups is 1. The van der Waals surface area contributed by atoms with E-state index in [1.807, 2.05) is 37.4 Å². The van der Waals surface area contributed by atoms with Gasteiger partial charge in [-0.25, -0.2) is 9.78 Å². The Kier molecular flexibility index (Phi) is 6.90. The molecule has 6 nitrogen and oxygen atoms in total. The van der Waals surface area contributed by atoms with Crippen molar-refractivity contribution in [1.82, 2.24) is 20.2 Å². The van der Waals surface area contributed by atoms with Crippen LogP contribution >= 0.6 is 0 Å². The van der Waals surface area contributed by atoms with Gasteiger partial charge in [-0.1, -0.05) is 31.0 Å². The van der Waals surface area contributed by atoms with Crippen LogP contribution in [0.5, 0.6) is 5.75 Å². The van der Waals surface area contributed by atoms with Crippen molar-refractivity contribution in [3.05, 3.63) is 48.0 Å². The van der Waals surface area contributed by atoms with Gasteiger partial charge in [0.1, 0.15) is 18.2 Å². The Labute approximate surface area is 148 Å². The molecule has 132 valence electrons. The van der Waals surface area contributed by atoms with Gasteiger partial charge in [-0.15, -0.1) is 6.42 Å². The van der Waals surface area contributed by atoms with Crippen molar-refractivity contribution in [3.8, 4) is 18.1 Å². The van der Waals surface area contributed by atoms with Gasteiger partial charge >= 0.3 is 6.03 Å². The van der Waals surface area contributed by atoms with Crippen LogP contribution < -0.4 is 15.4 Å². The molecule has 0 saturated carbocycles. The van der Waals surface area contributed by atoms with Crippen molar-refractivity contribution in [2.45, 2.75) is 26.9 Å². The molecule has 2 rings (SSSR count). The molecule has 0 aliphatic heterocycles. The van der Waals surface area contributed by atoms with Crippen LogP contribution in [0.1, 0.15) is 18.3 Å². The van der Waals surface area contributed by atoms with E-state index in [0.29, 0.717) is 24.8 Å². The number of ether oxygens (including phenoxy) is 1. The molecule has 1 atom stereocenters. The fourth-order valence-corrected chi connectivity index (χ4v) is 2.41. The van der Waals surface area contributed by atoms with Crippen molar-refractivity contribution in [1.29, 1.82) is 0 Å². The molecule has 2 aromatic rings. The summed E-state index contributed by atoms with van der Waals surface area (Å²) >= 11 is 0. The summed E-state index contributed by atoms with van der Waals surface area (Å²) < 4.78 is 7.54. The molecule has 6 heteroatoms. The van der Waals surface area contributed by atoms with Gasteiger partial charge in [0, 0.05) is 37.6 Å². The van der Waals surface area contributed by atoms with E-state index in [1.165, 1.54) is 0 Å². The molecule has 0 aliphatic carbocycles. The number of benzene rings is 1. The first-order valence-electron chi connectivity index (χ1n) is 8.23. The molecule has 0 aliphatic rings. The van der Waals surface area contributed by atoms with Crippen LogP contribution in [0, 0.1) is 25.2 Å². The number of para-hydroxylation sites is 1. The Morgan fingerprint density at radius 2 is 2.20 bits per heavy atom. The molecular weight excluding hydrogens is 316 g/mol. The molecule has 0 spiro atoms. The van der Waals surface area contributed by atoms with Crippen molar-refractivity contribution in [2.24, 2.45) is 5.92 Å². The summed E-state index contributed by atoms with van der Waals surface area (Å²) in [4.78, 5) is 16.2. The summed E-state index contributed by atoms with van der Waals surface area (Å²) in [7, 11) is 0. The first-order valence-corrected chi connectivity index (χ1v) is 8.23. The number of aromatic nitrogens is 2. The average Bonchev–Trinajstić information content (AvgIpc) is 3.01. The highest BCUT2D eigenvalue weighted by Crippen LogP contribution is 2.17. The third-order valence-corrected chi connectivity index (χ3v) is 3.77. The Bertz CT molecular complexity index is 733. The van der Waals surface area contributed by atoms with Crippen LogP contribution in [-0.4, -0.2) is 28.7 Å². The van der Waals surface area contributed by atoms with Gasteiger partial charge in [-0.2, -0.15) is 0 Å². The second-order valence-electron chi connectivity index (χ2n) is 5.90. The minimum absolute atomic E-state index is 0.203. The van der Waals surface area contributed by atoms with E-state index in [9.17, 15) is 4.79 Å². The highest BCUT2D eigenvalue weighted by atomic mass is 16.5. The molecule has 1 heterocycles. The predicted molar refractivity (Wildman–Crippen MR) is 97.1 cm³/mol. The minimum atomic E-state index is -0.207. The van der Waals surface area contributed by atoms with E-state index in [2.05, 4.69) is 33.0 Å². The zero-order chi connectivity index (χ0) is 18.1. The molecule has 1 unspecified atom stereocenters. The van der Waals surface area contributed by atoms with Crippen molar-refractivity contribution >= 4 is 6.03 Å². The minimum Gasteiger partial charge on any atom is -0.481 e. The Hall–Kier alpha value is -2.94. The van der Waals surface area contributed by atoms with Gasteiger partial charge in [-0.05, 0) is 18.9 Å². The lowest BCUT2D eigenvalue weighted by Gasteiger charge is -2.15. The number of hydrogen-bond acceptors (Lipinski definition) is 3. The third kappa shape index (κ3) is 5.88. The number of hydrogen-bond donors (Lipinski definition) is 2. The molecule has 0 fully saturated rings. The van der Waals surface area contributed by atoms with Crippen LogP contribution in [-0.2, 0) is 13.1 Å². The largest absolute Gasteiger partial charge is 0.481 e. The second kappa shape index (κ2) is 9.38. The van der Waals surface area contributed by atoms with Crippen molar-refractivity contribution in [2.75, 3.05) is 13.2 Å². The van der Waals surface area contributed by atoms with Crippen LogP contribution in [0.4, 0.5) is 4.79 Å².